The van der Waals surface area contributed by atoms with Crippen LogP contribution >= 0.6 is 27.5 Å². The fourth-order valence-electron chi connectivity index (χ4n) is 4.30. The van der Waals surface area contributed by atoms with Crippen LogP contribution in [-0.4, -0.2) is 41.1 Å². The van der Waals surface area contributed by atoms with Crippen LogP contribution in [0.4, 0.5) is 5.69 Å². The summed E-state index contributed by atoms with van der Waals surface area (Å²) in [6.45, 7) is 2.04. The standard InChI is InChI=1S/C28H26BrClN4O4/c1-36-22-6-8-23(9-7-22)37-25-10-5-21(30)16-24(25)31-28(35)18-11-13-34(14-12-18)17-26-32-27(33-38-26)19-3-2-4-20(29)15-19/h2-10,15-16,18H,11-14,17H2,1H3,(H,31,35). The predicted octanol–water partition coefficient (Wildman–Crippen LogP) is 6.80. The summed E-state index contributed by atoms with van der Waals surface area (Å²) in [6.07, 6.45) is 1.43. The largest absolute Gasteiger partial charge is 0.497 e. The van der Waals surface area contributed by atoms with E-state index in [4.69, 9.17) is 25.6 Å². The minimum atomic E-state index is -0.126. The number of halogens is 2. The summed E-state index contributed by atoms with van der Waals surface area (Å²) in [6, 6.07) is 20.2. The number of nitrogens with zero attached hydrogens (tertiary/aromatic N) is 3. The molecule has 1 saturated heterocycles. The molecule has 1 aromatic heterocycles. The van der Waals surface area contributed by atoms with Crippen molar-refractivity contribution < 1.29 is 18.8 Å². The van der Waals surface area contributed by atoms with Crippen LogP contribution in [-0.2, 0) is 11.3 Å². The van der Waals surface area contributed by atoms with Crippen LogP contribution < -0.4 is 14.8 Å². The molecule has 1 aliphatic rings. The molecule has 0 spiro atoms. The van der Waals surface area contributed by atoms with E-state index in [1.165, 1.54) is 0 Å². The topological polar surface area (TPSA) is 89.7 Å². The van der Waals surface area contributed by atoms with Gasteiger partial charge in [-0.15, -0.1) is 0 Å². The van der Waals surface area contributed by atoms with Crippen LogP contribution in [0.25, 0.3) is 11.4 Å². The number of methoxy groups -OCH3 is 1. The molecule has 0 saturated carbocycles. The van der Waals surface area contributed by atoms with Crippen LogP contribution in [0, 0.1) is 5.92 Å². The van der Waals surface area contributed by atoms with E-state index < -0.39 is 0 Å². The van der Waals surface area contributed by atoms with Crippen LogP contribution in [0.1, 0.15) is 18.7 Å². The van der Waals surface area contributed by atoms with E-state index in [9.17, 15) is 4.79 Å². The van der Waals surface area contributed by atoms with Gasteiger partial charge in [-0.05, 0) is 80.5 Å². The van der Waals surface area contributed by atoms with Crippen LogP contribution in [0.15, 0.2) is 75.7 Å². The summed E-state index contributed by atoms with van der Waals surface area (Å²) in [7, 11) is 1.61. The average molecular weight is 598 g/mol. The second kappa shape index (κ2) is 12.0. The molecule has 10 heteroatoms. The first-order valence-electron chi connectivity index (χ1n) is 12.2. The van der Waals surface area contributed by atoms with E-state index >= 15 is 0 Å². The van der Waals surface area contributed by atoms with Gasteiger partial charge in [-0.2, -0.15) is 4.98 Å². The first-order valence-corrected chi connectivity index (χ1v) is 13.4. The van der Waals surface area contributed by atoms with Gasteiger partial charge in [0, 0.05) is 21.0 Å². The van der Waals surface area contributed by atoms with E-state index in [2.05, 4.69) is 36.3 Å². The Morgan fingerprint density at radius 3 is 2.61 bits per heavy atom. The van der Waals surface area contributed by atoms with Gasteiger partial charge in [-0.1, -0.05) is 44.8 Å². The third kappa shape index (κ3) is 6.53. The van der Waals surface area contributed by atoms with E-state index in [1.807, 2.05) is 36.4 Å². The summed E-state index contributed by atoms with van der Waals surface area (Å²) in [5.74, 6) is 2.81. The first kappa shape index (κ1) is 26.2. The molecule has 196 valence electrons. The second-order valence-electron chi connectivity index (χ2n) is 8.98. The third-order valence-electron chi connectivity index (χ3n) is 6.35. The Morgan fingerprint density at radius 1 is 1.11 bits per heavy atom. The number of aromatic nitrogens is 2. The van der Waals surface area contributed by atoms with Crippen molar-refractivity contribution in [1.82, 2.24) is 15.0 Å². The summed E-state index contributed by atoms with van der Waals surface area (Å²) in [4.78, 5) is 19.9. The van der Waals surface area contributed by atoms with Crippen molar-refractivity contribution in [1.29, 1.82) is 0 Å². The molecule has 1 fully saturated rings. The van der Waals surface area contributed by atoms with Crippen LogP contribution in [0.3, 0.4) is 0 Å². The zero-order valence-corrected chi connectivity index (χ0v) is 23.0. The Balaban J connectivity index is 1.17. The Hall–Kier alpha value is -3.40. The number of rotatable bonds is 8. The molecule has 1 N–H and O–H groups in total. The molecule has 0 radical (unpaired) electrons. The zero-order chi connectivity index (χ0) is 26.5. The molecular weight excluding hydrogens is 572 g/mol. The predicted molar refractivity (Wildman–Crippen MR) is 149 cm³/mol. The van der Waals surface area contributed by atoms with E-state index in [1.54, 1.807) is 37.4 Å². The maximum atomic E-state index is 13.1. The maximum Gasteiger partial charge on any atom is 0.241 e. The number of hydrogen-bond acceptors (Lipinski definition) is 7. The number of anilines is 1. The van der Waals surface area contributed by atoms with Crippen LogP contribution in [0.2, 0.25) is 5.02 Å². The van der Waals surface area contributed by atoms with Crippen LogP contribution in [0.5, 0.6) is 17.2 Å². The highest BCUT2D eigenvalue weighted by atomic mass is 79.9. The second-order valence-corrected chi connectivity index (χ2v) is 10.3. The summed E-state index contributed by atoms with van der Waals surface area (Å²) in [5, 5.41) is 7.64. The molecular formula is C28H26BrClN4O4. The first-order chi connectivity index (χ1) is 18.5. The molecule has 0 aliphatic carbocycles. The van der Waals surface area contributed by atoms with Gasteiger partial charge in [-0.3, -0.25) is 9.69 Å². The number of carbonyl (C=O) groups excluding carboxylic acids is 1. The molecule has 2 heterocycles. The summed E-state index contributed by atoms with van der Waals surface area (Å²) >= 11 is 9.69. The van der Waals surface area contributed by atoms with E-state index in [0.29, 0.717) is 53.3 Å². The monoisotopic (exact) mass is 596 g/mol. The number of hydrogen-bond donors (Lipinski definition) is 1. The maximum absolute atomic E-state index is 13.1. The molecule has 38 heavy (non-hydrogen) atoms. The SMILES string of the molecule is COc1ccc(Oc2ccc(Cl)cc2NC(=O)C2CCN(Cc3nc(-c4cccc(Br)c4)no3)CC2)cc1. The van der Waals surface area contributed by atoms with Gasteiger partial charge in [-0.25, -0.2) is 0 Å². The zero-order valence-electron chi connectivity index (χ0n) is 20.7. The molecule has 0 atom stereocenters. The lowest BCUT2D eigenvalue weighted by atomic mass is 9.96. The number of benzene rings is 3. The normalized spacial score (nSPS) is 14.3. The average Bonchev–Trinajstić information content (AvgIpc) is 3.39. The molecule has 1 amide bonds. The summed E-state index contributed by atoms with van der Waals surface area (Å²) < 4.78 is 17.6. The molecule has 0 bridgehead atoms. The molecule has 3 aromatic carbocycles. The van der Waals surface area contributed by atoms with Gasteiger partial charge >= 0.3 is 0 Å². The van der Waals surface area contributed by atoms with Crippen molar-refractivity contribution in [2.75, 3.05) is 25.5 Å². The minimum Gasteiger partial charge on any atom is -0.497 e. The van der Waals surface area contributed by atoms with E-state index in [0.717, 1.165) is 28.9 Å². The smallest absolute Gasteiger partial charge is 0.241 e. The third-order valence-corrected chi connectivity index (χ3v) is 7.08. The lowest BCUT2D eigenvalue weighted by molar-refractivity contribution is -0.121. The number of ether oxygens (including phenoxy) is 2. The minimum absolute atomic E-state index is 0.0544. The highest BCUT2D eigenvalue weighted by Crippen LogP contribution is 2.34. The number of nitrogens with one attached hydrogen (secondary N) is 1. The quantitative estimate of drug-likeness (QED) is 0.239. The Morgan fingerprint density at radius 2 is 1.87 bits per heavy atom. The van der Waals surface area contributed by atoms with Gasteiger partial charge in [0.2, 0.25) is 17.6 Å². The number of carbonyl (C=O) groups is 1. The van der Waals surface area contributed by atoms with Crippen molar-refractivity contribution in [2.45, 2.75) is 19.4 Å². The number of likely N-dealkylation sites (tertiary alicyclic amines) is 1. The van der Waals surface area contributed by atoms with Crippen molar-refractivity contribution in [3.63, 3.8) is 0 Å². The number of amides is 1. The Kier molecular flexibility index (Phi) is 8.26. The van der Waals surface area contributed by atoms with Gasteiger partial charge in [0.1, 0.15) is 11.5 Å². The molecule has 4 aromatic rings. The number of piperidine rings is 1. The lowest BCUT2D eigenvalue weighted by Gasteiger charge is -2.30. The lowest BCUT2D eigenvalue weighted by Crippen LogP contribution is -2.37. The fraction of sp³-hybridized carbons (Fsp3) is 0.250. The van der Waals surface area contributed by atoms with Gasteiger partial charge in [0.05, 0.1) is 19.3 Å². The van der Waals surface area contributed by atoms with Crippen molar-refractivity contribution >= 4 is 39.1 Å². The fourth-order valence-corrected chi connectivity index (χ4v) is 4.87. The van der Waals surface area contributed by atoms with Gasteiger partial charge < -0.3 is 19.3 Å². The highest BCUT2D eigenvalue weighted by Gasteiger charge is 2.27. The van der Waals surface area contributed by atoms with Crippen molar-refractivity contribution in [3.05, 3.63) is 82.1 Å². The molecule has 8 nitrogen and oxygen atoms in total. The van der Waals surface area contributed by atoms with E-state index in [-0.39, 0.29) is 11.8 Å². The summed E-state index contributed by atoms with van der Waals surface area (Å²) in [5.41, 5.74) is 1.42. The Labute approximate surface area is 234 Å². The highest BCUT2D eigenvalue weighted by molar-refractivity contribution is 9.10. The van der Waals surface area contributed by atoms with Crippen molar-refractivity contribution in [3.8, 4) is 28.6 Å². The van der Waals surface area contributed by atoms with Crippen molar-refractivity contribution in [2.24, 2.45) is 5.92 Å². The molecule has 0 unspecified atom stereocenters. The van der Waals surface area contributed by atoms with Gasteiger partial charge in [0.15, 0.2) is 5.75 Å². The Bertz CT molecular complexity index is 1400. The van der Waals surface area contributed by atoms with Gasteiger partial charge in [0.25, 0.3) is 0 Å². The molecule has 5 rings (SSSR count). The molecule has 1 aliphatic heterocycles.